The molecule has 1 heterocycles. The summed E-state index contributed by atoms with van der Waals surface area (Å²) in [6.45, 7) is 1.90. The summed E-state index contributed by atoms with van der Waals surface area (Å²) in [5.74, 6) is 0.719. The zero-order valence-corrected chi connectivity index (χ0v) is 14.9. The molecule has 3 heteroatoms. The van der Waals surface area contributed by atoms with Crippen molar-refractivity contribution in [1.29, 1.82) is 5.26 Å². The summed E-state index contributed by atoms with van der Waals surface area (Å²) in [5, 5.41) is 8.98. The monoisotopic (exact) mass is 347 g/mol. The van der Waals surface area contributed by atoms with Crippen LogP contribution in [0.2, 0.25) is 0 Å². The van der Waals surface area contributed by atoms with Crippen LogP contribution in [0.25, 0.3) is 33.6 Å². The second-order valence-corrected chi connectivity index (χ2v) is 6.32. The highest BCUT2D eigenvalue weighted by molar-refractivity contribution is 5.73. The van der Waals surface area contributed by atoms with Gasteiger partial charge in [-0.2, -0.15) is 5.26 Å². The number of aryl methyl sites for hydroxylation is 1. The van der Waals surface area contributed by atoms with Crippen molar-refractivity contribution in [2.45, 2.75) is 6.92 Å². The minimum Gasteiger partial charge on any atom is -0.233 e. The molecule has 0 aliphatic heterocycles. The molecule has 0 N–H and O–H groups in total. The van der Waals surface area contributed by atoms with Crippen molar-refractivity contribution in [3.05, 3.63) is 96.3 Å². The van der Waals surface area contributed by atoms with E-state index in [1.165, 1.54) is 5.56 Å². The molecule has 0 unspecified atom stereocenters. The molecular weight excluding hydrogens is 330 g/mol. The molecule has 0 fully saturated rings. The summed E-state index contributed by atoms with van der Waals surface area (Å²) in [4.78, 5) is 9.21. The summed E-state index contributed by atoms with van der Waals surface area (Å²) in [6.07, 6.45) is 0. The second-order valence-electron chi connectivity index (χ2n) is 6.32. The van der Waals surface area contributed by atoms with Crippen LogP contribution in [0.15, 0.2) is 84.9 Å². The number of nitrogens with zero attached hydrogens (tertiary/aromatic N) is 3. The molecule has 4 rings (SSSR count). The molecule has 0 radical (unpaired) electrons. The van der Waals surface area contributed by atoms with Gasteiger partial charge in [-0.25, -0.2) is 9.97 Å². The molecule has 1 aromatic heterocycles. The molecule has 0 aliphatic carbocycles. The summed E-state index contributed by atoms with van der Waals surface area (Å²) >= 11 is 0. The van der Waals surface area contributed by atoms with Gasteiger partial charge in [-0.3, -0.25) is 0 Å². The Hall–Kier alpha value is -3.77. The lowest BCUT2D eigenvalue weighted by atomic mass is 10.0. The van der Waals surface area contributed by atoms with Crippen LogP contribution in [-0.4, -0.2) is 9.97 Å². The molecule has 128 valence electrons. The molecule has 0 aliphatic rings. The Morgan fingerprint density at radius 2 is 1.26 bits per heavy atom. The molecule has 27 heavy (non-hydrogen) atoms. The molecule has 0 saturated heterocycles. The van der Waals surface area contributed by atoms with Crippen LogP contribution in [-0.2, 0) is 0 Å². The highest BCUT2D eigenvalue weighted by Gasteiger charge is 2.08. The lowest BCUT2D eigenvalue weighted by molar-refractivity contribution is 1.06. The van der Waals surface area contributed by atoms with E-state index in [2.05, 4.69) is 52.4 Å². The van der Waals surface area contributed by atoms with Crippen LogP contribution in [0, 0.1) is 18.3 Å². The number of nitriles is 1. The van der Waals surface area contributed by atoms with Crippen LogP contribution in [0.4, 0.5) is 0 Å². The highest BCUT2D eigenvalue weighted by atomic mass is 14.9. The van der Waals surface area contributed by atoms with Gasteiger partial charge in [0, 0.05) is 11.1 Å². The van der Waals surface area contributed by atoms with Crippen LogP contribution >= 0.6 is 0 Å². The highest BCUT2D eigenvalue weighted by Crippen LogP contribution is 2.28. The van der Waals surface area contributed by atoms with Crippen molar-refractivity contribution >= 4 is 0 Å². The van der Waals surface area contributed by atoms with E-state index >= 15 is 0 Å². The minimum absolute atomic E-state index is 0.639. The maximum Gasteiger partial charge on any atom is 0.126 e. The smallest absolute Gasteiger partial charge is 0.126 e. The first-order chi connectivity index (χ1) is 13.2. The maximum atomic E-state index is 8.98. The van der Waals surface area contributed by atoms with Gasteiger partial charge in [-0.05, 0) is 42.3 Å². The number of aromatic nitrogens is 2. The average molecular weight is 347 g/mol. The van der Waals surface area contributed by atoms with Crippen molar-refractivity contribution in [3.8, 4) is 39.7 Å². The van der Waals surface area contributed by atoms with Gasteiger partial charge >= 0.3 is 0 Å². The Labute approximate surface area is 158 Å². The van der Waals surface area contributed by atoms with Crippen molar-refractivity contribution < 1.29 is 0 Å². The topological polar surface area (TPSA) is 49.6 Å². The zero-order valence-electron chi connectivity index (χ0n) is 14.9. The first-order valence-corrected chi connectivity index (χ1v) is 8.75. The second kappa shape index (κ2) is 7.23. The van der Waals surface area contributed by atoms with Gasteiger partial charge in [0.05, 0.1) is 23.0 Å². The molecule has 3 aromatic carbocycles. The van der Waals surface area contributed by atoms with Gasteiger partial charge in [0.15, 0.2) is 0 Å². The van der Waals surface area contributed by atoms with Crippen molar-refractivity contribution in [3.63, 3.8) is 0 Å². The third-order valence-electron chi connectivity index (χ3n) is 4.41. The summed E-state index contributed by atoms with van der Waals surface area (Å²) in [5.41, 5.74) is 6.74. The predicted molar refractivity (Wildman–Crippen MR) is 108 cm³/mol. The molecule has 0 atom stereocenters. The van der Waals surface area contributed by atoms with E-state index in [1.807, 2.05) is 55.5 Å². The Bertz CT molecular complexity index is 1120. The zero-order chi connectivity index (χ0) is 18.6. The molecule has 0 amide bonds. The van der Waals surface area contributed by atoms with Gasteiger partial charge in [-0.1, -0.05) is 60.7 Å². The predicted octanol–water partition coefficient (Wildman–Crippen LogP) is 5.66. The van der Waals surface area contributed by atoms with Gasteiger partial charge in [0.1, 0.15) is 5.82 Å². The number of hydrogen-bond donors (Lipinski definition) is 0. The fraction of sp³-hybridized carbons (Fsp3) is 0.0417. The van der Waals surface area contributed by atoms with Crippen LogP contribution in [0.3, 0.4) is 0 Å². The molecule has 0 saturated carbocycles. The van der Waals surface area contributed by atoms with Gasteiger partial charge in [0.25, 0.3) is 0 Å². The standard InChI is InChI=1S/C24H17N3/c1-17-26-23(20-12-10-18(16-25)11-13-20)15-24(27-17)22-9-5-8-21(14-22)19-6-3-2-4-7-19/h2-15H,1H3. The Balaban J connectivity index is 1.76. The van der Waals surface area contributed by atoms with Crippen LogP contribution in [0.5, 0.6) is 0 Å². The van der Waals surface area contributed by atoms with Crippen molar-refractivity contribution in [2.75, 3.05) is 0 Å². The summed E-state index contributed by atoms with van der Waals surface area (Å²) < 4.78 is 0. The van der Waals surface area contributed by atoms with E-state index in [4.69, 9.17) is 5.26 Å². The van der Waals surface area contributed by atoms with Gasteiger partial charge in [-0.15, -0.1) is 0 Å². The molecule has 0 bridgehead atoms. The first kappa shape index (κ1) is 16.7. The van der Waals surface area contributed by atoms with E-state index in [-0.39, 0.29) is 0 Å². The number of hydrogen-bond acceptors (Lipinski definition) is 3. The van der Waals surface area contributed by atoms with Crippen LogP contribution < -0.4 is 0 Å². The average Bonchev–Trinajstić information content (AvgIpc) is 2.74. The molecule has 3 nitrogen and oxygen atoms in total. The fourth-order valence-electron chi connectivity index (χ4n) is 3.07. The van der Waals surface area contributed by atoms with E-state index in [0.29, 0.717) is 5.56 Å². The third kappa shape index (κ3) is 3.61. The lowest BCUT2D eigenvalue weighted by Crippen LogP contribution is -1.95. The Morgan fingerprint density at radius 1 is 0.630 bits per heavy atom. The largest absolute Gasteiger partial charge is 0.233 e. The van der Waals surface area contributed by atoms with Crippen molar-refractivity contribution in [2.24, 2.45) is 0 Å². The molecular formula is C24H17N3. The van der Waals surface area contributed by atoms with E-state index in [0.717, 1.165) is 33.9 Å². The number of benzene rings is 3. The van der Waals surface area contributed by atoms with Gasteiger partial charge < -0.3 is 0 Å². The minimum atomic E-state index is 0.639. The lowest BCUT2D eigenvalue weighted by Gasteiger charge is -2.09. The molecule has 4 aromatic rings. The van der Waals surface area contributed by atoms with Gasteiger partial charge in [0.2, 0.25) is 0 Å². The quantitative estimate of drug-likeness (QED) is 0.480. The summed E-state index contributed by atoms with van der Waals surface area (Å²) in [6, 6.07) is 30.3. The van der Waals surface area contributed by atoms with Crippen molar-refractivity contribution in [1.82, 2.24) is 9.97 Å². The number of rotatable bonds is 3. The summed E-state index contributed by atoms with van der Waals surface area (Å²) in [7, 11) is 0. The van der Waals surface area contributed by atoms with Crippen LogP contribution in [0.1, 0.15) is 11.4 Å². The maximum absolute atomic E-state index is 8.98. The molecule has 0 spiro atoms. The van der Waals surface area contributed by atoms with E-state index in [9.17, 15) is 0 Å². The fourth-order valence-corrected chi connectivity index (χ4v) is 3.07. The van der Waals surface area contributed by atoms with E-state index < -0.39 is 0 Å². The first-order valence-electron chi connectivity index (χ1n) is 8.75. The van der Waals surface area contributed by atoms with E-state index in [1.54, 1.807) is 0 Å². The Kier molecular flexibility index (Phi) is 4.47. The Morgan fingerprint density at radius 3 is 1.96 bits per heavy atom. The third-order valence-corrected chi connectivity index (χ3v) is 4.41. The normalized spacial score (nSPS) is 10.4. The SMILES string of the molecule is Cc1nc(-c2ccc(C#N)cc2)cc(-c2cccc(-c3ccccc3)c2)n1.